The molecular formula is C44H75N9O10. The lowest BCUT2D eigenvalue weighted by molar-refractivity contribution is -0.142. The number of unbranched alkanes of at least 4 members (excludes halogenated alkanes) is 1. The molecule has 0 aromatic heterocycles. The minimum Gasteiger partial charge on any atom is -0.508 e. The predicted molar refractivity (Wildman–Crippen MR) is 238 cm³/mol. The number of nitrogens with one attached hydrogen (secondary N) is 7. The first-order chi connectivity index (χ1) is 29.5. The Hall–Kier alpha value is -5.30. The van der Waals surface area contributed by atoms with Crippen LogP contribution in [0.4, 0.5) is 0 Å². The number of carbonyl (C=O) groups is 8. The molecule has 7 amide bonds. The maximum Gasteiger partial charge on any atom is 0.325 e. The van der Waals surface area contributed by atoms with Crippen LogP contribution in [0.3, 0.4) is 0 Å². The monoisotopic (exact) mass is 890 g/mol. The zero-order valence-corrected chi connectivity index (χ0v) is 38.7. The third kappa shape index (κ3) is 18.5. The van der Waals surface area contributed by atoms with Crippen LogP contribution in [0.5, 0.6) is 5.75 Å². The molecule has 0 aliphatic heterocycles. The molecule has 0 spiro atoms. The van der Waals surface area contributed by atoms with E-state index in [9.17, 15) is 48.6 Å². The average Bonchev–Trinajstić information content (AvgIpc) is 3.24. The number of hydrogen-bond acceptors (Lipinski definition) is 11. The van der Waals surface area contributed by atoms with Gasteiger partial charge in [-0.1, -0.05) is 86.8 Å². The highest BCUT2D eigenvalue weighted by Crippen LogP contribution is 2.17. The predicted octanol–water partition coefficient (Wildman–Crippen LogP) is 0.703. The van der Waals surface area contributed by atoms with Crippen LogP contribution < -0.4 is 48.7 Å². The number of phenols is 1. The Morgan fingerprint density at radius 2 is 0.952 bits per heavy atom. The zero-order valence-electron chi connectivity index (χ0n) is 38.7. The van der Waals surface area contributed by atoms with E-state index in [2.05, 4.69) is 37.2 Å². The van der Waals surface area contributed by atoms with E-state index < -0.39 is 113 Å². The first-order valence-electron chi connectivity index (χ1n) is 22.1. The molecule has 11 atom stereocenters. The molecule has 63 heavy (non-hydrogen) atoms. The summed E-state index contributed by atoms with van der Waals surface area (Å²) in [7, 11) is 0. The van der Waals surface area contributed by atoms with Crippen LogP contribution in [0.1, 0.15) is 113 Å². The number of carbonyl (C=O) groups excluding carboxylic acids is 7. The second-order valence-electron chi connectivity index (χ2n) is 17.0. The SMILES string of the molecule is CCC(C)C(NC(=O)C(Cc1ccc(O)cc1)NC(=O)C(C)NC(=O)C(N)C(C)C)C(=O)NC(C(=O)NC(C(=O)NC(CCCCN)C(=O)NC(C)C(=O)O)C(C)CC)C(C)CC. The van der Waals surface area contributed by atoms with Gasteiger partial charge >= 0.3 is 5.97 Å². The number of phenolic OH excluding ortho intramolecular Hbond substituents is 1. The Morgan fingerprint density at radius 1 is 0.540 bits per heavy atom. The maximum atomic E-state index is 14.2. The molecule has 356 valence electrons. The molecule has 1 rings (SSSR count). The third-order valence-electron chi connectivity index (χ3n) is 11.5. The fraction of sp³-hybridized carbons (Fsp3) is 0.682. The summed E-state index contributed by atoms with van der Waals surface area (Å²) in [5, 5.41) is 37.9. The Balaban J connectivity index is 3.45. The van der Waals surface area contributed by atoms with Crippen molar-refractivity contribution in [3.8, 4) is 5.75 Å². The van der Waals surface area contributed by atoms with Gasteiger partial charge in [0, 0.05) is 6.42 Å². The van der Waals surface area contributed by atoms with Crippen LogP contribution in [-0.4, -0.2) is 112 Å². The maximum absolute atomic E-state index is 14.2. The minimum absolute atomic E-state index is 0.0105. The highest BCUT2D eigenvalue weighted by molar-refractivity contribution is 5.97. The normalized spacial score (nSPS) is 16.5. The number of hydrogen-bond donors (Lipinski definition) is 11. The number of amides is 7. The number of aliphatic carboxylic acids is 1. The van der Waals surface area contributed by atoms with E-state index in [0.717, 1.165) is 0 Å². The highest BCUT2D eigenvalue weighted by Gasteiger charge is 2.37. The van der Waals surface area contributed by atoms with E-state index in [1.165, 1.54) is 26.0 Å². The molecule has 0 fully saturated rings. The van der Waals surface area contributed by atoms with E-state index in [0.29, 0.717) is 44.2 Å². The van der Waals surface area contributed by atoms with Crippen LogP contribution in [0.25, 0.3) is 0 Å². The van der Waals surface area contributed by atoms with Crippen LogP contribution >= 0.6 is 0 Å². The molecule has 0 saturated heterocycles. The number of nitrogens with two attached hydrogens (primary N) is 2. The van der Waals surface area contributed by atoms with Crippen LogP contribution in [-0.2, 0) is 44.8 Å². The third-order valence-corrected chi connectivity index (χ3v) is 11.5. The number of rotatable bonds is 28. The molecular weight excluding hydrogens is 815 g/mol. The van der Waals surface area contributed by atoms with E-state index in [1.807, 2.05) is 20.8 Å². The lowest BCUT2D eigenvalue weighted by atomic mass is 9.93. The molecule has 0 aliphatic carbocycles. The van der Waals surface area contributed by atoms with E-state index in [1.54, 1.807) is 46.8 Å². The first-order valence-corrected chi connectivity index (χ1v) is 22.1. The van der Waals surface area contributed by atoms with Crippen molar-refractivity contribution in [2.45, 2.75) is 163 Å². The number of benzene rings is 1. The topological polar surface area (TPSA) is 313 Å². The minimum atomic E-state index is -1.26. The second-order valence-corrected chi connectivity index (χ2v) is 17.0. The van der Waals surface area contributed by atoms with Gasteiger partial charge in [-0.2, -0.15) is 0 Å². The van der Waals surface area contributed by atoms with Gasteiger partial charge in [-0.3, -0.25) is 38.4 Å². The second kappa shape index (κ2) is 27.7. The highest BCUT2D eigenvalue weighted by atomic mass is 16.4. The smallest absolute Gasteiger partial charge is 0.325 e. The Kier molecular flexibility index (Phi) is 24.5. The van der Waals surface area contributed by atoms with E-state index in [-0.39, 0.29) is 24.5 Å². The van der Waals surface area contributed by atoms with Crippen molar-refractivity contribution in [1.82, 2.24) is 37.2 Å². The van der Waals surface area contributed by atoms with Crippen LogP contribution in [0.2, 0.25) is 0 Å². The largest absolute Gasteiger partial charge is 0.508 e. The lowest BCUT2D eigenvalue weighted by Gasteiger charge is -2.32. The quantitative estimate of drug-likeness (QED) is 0.0519. The molecule has 0 radical (unpaired) electrons. The van der Waals surface area contributed by atoms with Crippen LogP contribution in [0.15, 0.2) is 24.3 Å². The Labute approximate surface area is 372 Å². The van der Waals surface area contributed by atoms with Gasteiger partial charge in [0.1, 0.15) is 48.0 Å². The van der Waals surface area contributed by atoms with Gasteiger partial charge in [0.2, 0.25) is 41.4 Å². The summed E-state index contributed by atoms with van der Waals surface area (Å²) in [6.45, 7) is 17.3. The van der Waals surface area contributed by atoms with Crippen molar-refractivity contribution in [2.75, 3.05) is 6.54 Å². The number of carboxylic acid groups (broad SMARTS) is 1. The summed E-state index contributed by atoms with van der Waals surface area (Å²) in [5.74, 6) is -7.55. The molecule has 0 heterocycles. The number of aromatic hydroxyl groups is 1. The van der Waals surface area contributed by atoms with Gasteiger partial charge < -0.3 is 58.9 Å². The molecule has 1 aromatic rings. The van der Waals surface area contributed by atoms with Gasteiger partial charge in [0.25, 0.3) is 0 Å². The standard InChI is InChI=1S/C44H75N9O10/c1-11-24(6)34(41(59)49-31(16-14-15-21-45)38(56)48-28(10)44(62)63)52-43(61)36(26(8)13-3)53-42(60)35(25(7)12-2)51-39(57)32(22-29-17-19-30(54)20-18-29)50-37(55)27(9)47-40(58)33(46)23(4)5/h17-20,23-28,31-36,54H,11-16,21-22,45-46H2,1-10H3,(H,47,58)(H,48,56)(H,49,59)(H,50,55)(H,51,57)(H,52,61)(H,53,60)(H,62,63). The summed E-state index contributed by atoms with van der Waals surface area (Å²) < 4.78 is 0. The van der Waals surface area contributed by atoms with Crippen molar-refractivity contribution in [3.63, 3.8) is 0 Å². The molecule has 0 saturated carbocycles. The van der Waals surface area contributed by atoms with Gasteiger partial charge in [-0.05, 0) is 81.0 Å². The molecule has 1 aromatic carbocycles. The number of carboxylic acids is 1. The summed E-state index contributed by atoms with van der Waals surface area (Å²) >= 11 is 0. The average molecular weight is 890 g/mol. The van der Waals surface area contributed by atoms with Gasteiger partial charge in [-0.15, -0.1) is 0 Å². The fourth-order valence-corrected chi connectivity index (χ4v) is 6.30. The molecule has 0 bridgehead atoms. The molecule has 0 aliphatic rings. The van der Waals surface area contributed by atoms with Gasteiger partial charge in [0.05, 0.1) is 6.04 Å². The summed E-state index contributed by atoms with van der Waals surface area (Å²) in [5.41, 5.74) is 12.2. The van der Waals surface area contributed by atoms with Crippen molar-refractivity contribution < 1.29 is 48.6 Å². The van der Waals surface area contributed by atoms with Crippen molar-refractivity contribution in [1.29, 1.82) is 0 Å². The Morgan fingerprint density at radius 3 is 1.38 bits per heavy atom. The van der Waals surface area contributed by atoms with Crippen molar-refractivity contribution in [2.24, 2.45) is 35.1 Å². The van der Waals surface area contributed by atoms with Gasteiger partial charge in [0.15, 0.2) is 0 Å². The summed E-state index contributed by atoms with van der Waals surface area (Å²) in [6.07, 6.45) is 2.42. The summed E-state index contributed by atoms with van der Waals surface area (Å²) in [6, 6.07) is -3.08. The van der Waals surface area contributed by atoms with Crippen molar-refractivity contribution in [3.05, 3.63) is 29.8 Å². The van der Waals surface area contributed by atoms with E-state index in [4.69, 9.17) is 11.5 Å². The van der Waals surface area contributed by atoms with Crippen LogP contribution in [0, 0.1) is 23.7 Å². The summed E-state index contributed by atoms with van der Waals surface area (Å²) in [4.78, 5) is 107. The molecule has 13 N–H and O–H groups in total. The van der Waals surface area contributed by atoms with Gasteiger partial charge in [-0.25, -0.2) is 0 Å². The lowest BCUT2D eigenvalue weighted by Crippen LogP contribution is -2.62. The van der Waals surface area contributed by atoms with Crippen molar-refractivity contribution >= 4 is 47.3 Å². The van der Waals surface area contributed by atoms with E-state index >= 15 is 0 Å². The fourth-order valence-electron chi connectivity index (χ4n) is 6.30. The first kappa shape index (κ1) is 55.7. The zero-order chi connectivity index (χ0) is 48.1. The molecule has 19 nitrogen and oxygen atoms in total. The molecule has 19 heteroatoms. The Bertz CT molecular complexity index is 1680. The molecule has 11 unspecified atom stereocenters.